The average molecular weight is 238 g/mol. The van der Waals surface area contributed by atoms with Crippen molar-refractivity contribution in [3.8, 4) is 11.8 Å². The van der Waals surface area contributed by atoms with Gasteiger partial charge in [-0.15, -0.1) is 0 Å². The van der Waals surface area contributed by atoms with E-state index in [4.69, 9.17) is 5.26 Å². The predicted octanol–water partition coefficient (Wildman–Crippen LogP) is 1.64. The number of halogens is 2. The van der Waals surface area contributed by atoms with Crippen LogP contribution in [0.25, 0.3) is 0 Å². The summed E-state index contributed by atoms with van der Waals surface area (Å²) in [6.07, 6.45) is -0.535. The maximum Gasteiger partial charge on any atom is 0.326 e. The Bertz CT molecular complexity index is 523. The van der Waals surface area contributed by atoms with Gasteiger partial charge in [-0.25, -0.2) is 0 Å². The van der Waals surface area contributed by atoms with Gasteiger partial charge < -0.3 is 10.0 Å². The van der Waals surface area contributed by atoms with E-state index in [0.717, 1.165) is 11.0 Å². The van der Waals surface area contributed by atoms with E-state index in [1.807, 2.05) is 0 Å². The molecule has 0 aliphatic carbocycles. The normalized spacial score (nSPS) is 18.2. The summed E-state index contributed by atoms with van der Waals surface area (Å²) >= 11 is 0. The molecule has 1 aromatic carbocycles. The number of hydrogen-bond acceptors (Lipinski definition) is 3. The molecule has 0 aromatic heterocycles. The van der Waals surface area contributed by atoms with Crippen LogP contribution in [0.1, 0.15) is 12.0 Å². The van der Waals surface area contributed by atoms with E-state index in [9.17, 15) is 18.7 Å². The molecule has 1 saturated heterocycles. The summed E-state index contributed by atoms with van der Waals surface area (Å²) in [4.78, 5) is 12.2. The largest absolute Gasteiger partial charge is 0.506 e. The Morgan fingerprint density at radius 2 is 2.18 bits per heavy atom. The molecular formula is C11H8F2N2O2. The lowest BCUT2D eigenvalue weighted by Crippen LogP contribution is -2.33. The van der Waals surface area contributed by atoms with Crippen LogP contribution in [0.5, 0.6) is 5.75 Å². The van der Waals surface area contributed by atoms with Crippen LogP contribution in [-0.2, 0) is 4.79 Å². The number of hydrogen-bond donors (Lipinski definition) is 1. The maximum absolute atomic E-state index is 13.0. The molecule has 6 heteroatoms. The highest BCUT2D eigenvalue weighted by Crippen LogP contribution is 2.34. The molecule has 1 N–H and O–H groups in total. The number of nitrogens with zero attached hydrogens (tertiary/aromatic N) is 2. The summed E-state index contributed by atoms with van der Waals surface area (Å²) in [6, 6.07) is 5.52. The molecule has 1 fully saturated rings. The van der Waals surface area contributed by atoms with Gasteiger partial charge in [0.05, 0.1) is 5.56 Å². The Balaban J connectivity index is 2.35. The van der Waals surface area contributed by atoms with Crippen molar-refractivity contribution >= 4 is 11.6 Å². The first-order chi connectivity index (χ1) is 7.95. The SMILES string of the molecule is N#Cc1ccc(N2CCC(F)(F)C2=O)cc1O. The van der Waals surface area contributed by atoms with E-state index >= 15 is 0 Å². The second kappa shape index (κ2) is 3.70. The number of amides is 1. The molecule has 0 saturated carbocycles. The lowest BCUT2D eigenvalue weighted by atomic mass is 10.2. The summed E-state index contributed by atoms with van der Waals surface area (Å²) in [5, 5.41) is 18.0. The van der Waals surface area contributed by atoms with Gasteiger partial charge in [0.1, 0.15) is 11.8 Å². The minimum atomic E-state index is -3.34. The number of carbonyl (C=O) groups excluding carboxylic acids is 1. The van der Waals surface area contributed by atoms with Crippen LogP contribution in [0.4, 0.5) is 14.5 Å². The van der Waals surface area contributed by atoms with Gasteiger partial charge in [0.25, 0.3) is 5.91 Å². The van der Waals surface area contributed by atoms with Crippen LogP contribution in [0.2, 0.25) is 0 Å². The number of rotatable bonds is 1. The first kappa shape index (κ1) is 11.3. The van der Waals surface area contributed by atoms with Gasteiger partial charge in [-0.2, -0.15) is 14.0 Å². The Kier molecular flexibility index (Phi) is 2.46. The zero-order valence-corrected chi connectivity index (χ0v) is 8.65. The van der Waals surface area contributed by atoms with Crippen molar-refractivity contribution in [3.05, 3.63) is 23.8 Å². The van der Waals surface area contributed by atoms with Crippen LogP contribution in [-0.4, -0.2) is 23.5 Å². The highest BCUT2D eigenvalue weighted by molar-refractivity contribution is 6.00. The maximum atomic E-state index is 13.0. The topological polar surface area (TPSA) is 64.3 Å². The molecule has 4 nitrogen and oxygen atoms in total. The molecule has 17 heavy (non-hydrogen) atoms. The van der Waals surface area contributed by atoms with Crippen LogP contribution >= 0.6 is 0 Å². The molecule has 88 valence electrons. The third-order valence-electron chi connectivity index (χ3n) is 2.62. The second-order valence-electron chi connectivity index (χ2n) is 3.72. The van der Waals surface area contributed by atoms with Crippen LogP contribution in [0.15, 0.2) is 18.2 Å². The number of phenols is 1. The lowest BCUT2D eigenvalue weighted by Gasteiger charge is -2.16. The van der Waals surface area contributed by atoms with Crippen molar-refractivity contribution in [3.63, 3.8) is 0 Å². The number of nitriles is 1. The van der Waals surface area contributed by atoms with Crippen LogP contribution < -0.4 is 4.90 Å². The quantitative estimate of drug-likeness (QED) is 0.808. The second-order valence-corrected chi connectivity index (χ2v) is 3.72. The third kappa shape index (κ3) is 1.80. The van der Waals surface area contributed by atoms with Gasteiger partial charge in [0.15, 0.2) is 0 Å². The molecule has 0 unspecified atom stereocenters. The molecule has 0 bridgehead atoms. The monoisotopic (exact) mass is 238 g/mol. The summed E-state index contributed by atoms with van der Waals surface area (Å²) in [5.41, 5.74) is 0.204. The number of phenolic OH excluding ortho intramolecular Hbond substituents is 1. The van der Waals surface area contributed by atoms with Gasteiger partial charge in [-0.1, -0.05) is 0 Å². The number of alkyl halides is 2. The molecule has 1 amide bonds. The molecule has 0 atom stereocenters. The summed E-state index contributed by atoms with van der Waals surface area (Å²) in [5.74, 6) is -4.95. The Morgan fingerprint density at radius 1 is 1.47 bits per heavy atom. The van der Waals surface area contributed by atoms with Gasteiger partial charge in [-0.3, -0.25) is 4.79 Å². The fraction of sp³-hybridized carbons (Fsp3) is 0.273. The van der Waals surface area contributed by atoms with Crippen molar-refractivity contribution in [2.75, 3.05) is 11.4 Å². The Morgan fingerprint density at radius 3 is 2.65 bits per heavy atom. The van der Waals surface area contributed by atoms with Crippen molar-refractivity contribution < 1.29 is 18.7 Å². The zero-order valence-electron chi connectivity index (χ0n) is 8.65. The summed E-state index contributed by atoms with van der Waals surface area (Å²) < 4.78 is 26.0. The number of anilines is 1. The minimum absolute atomic E-state index is 0.0344. The van der Waals surface area contributed by atoms with E-state index in [0.29, 0.717) is 0 Å². The molecule has 0 radical (unpaired) electrons. The van der Waals surface area contributed by atoms with E-state index in [1.165, 1.54) is 12.1 Å². The first-order valence-corrected chi connectivity index (χ1v) is 4.88. The fourth-order valence-corrected chi connectivity index (χ4v) is 1.69. The van der Waals surface area contributed by atoms with Gasteiger partial charge in [0, 0.05) is 24.7 Å². The van der Waals surface area contributed by atoms with Crippen molar-refractivity contribution in [1.82, 2.24) is 0 Å². The molecule has 1 aliphatic heterocycles. The Labute approximate surface area is 95.7 Å². The highest BCUT2D eigenvalue weighted by Gasteiger charge is 2.48. The number of carbonyl (C=O) groups is 1. The third-order valence-corrected chi connectivity index (χ3v) is 2.62. The minimum Gasteiger partial charge on any atom is -0.506 e. The van der Waals surface area contributed by atoms with Gasteiger partial charge in [-0.05, 0) is 12.1 Å². The van der Waals surface area contributed by atoms with Gasteiger partial charge in [0.2, 0.25) is 0 Å². The Hall–Kier alpha value is -2.16. The first-order valence-electron chi connectivity index (χ1n) is 4.88. The number of benzene rings is 1. The van der Waals surface area contributed by atoms with E-state index in [-0.39, 0.29) is 23.5 Å². The van der Waals surface area contributed by atoms with E-state index < -0.39 is 18.3 Å². The molecule has 1 heterocycles. The summed E-state index contributed by atoms with van der Waals surface area (Å²) in [7, 11) is 0. The standard InChI is InChI=1S/C11H8F2N2O2/c12-11(13)3-4-15(10(11)17)8-2-1-7(6-14)9(16)5-8/h1-2,5,16H,3-4H2. The molecule has 2 rings (SSSR count). The van der Waals surface area contributed by atoms with Crippen LogP contribution in [0, 0.1) is 11.3 Å². The average Bonchev–Trinajstić information content (AvgIpc) is 2.54. The fourth-order valence-electron chi connectivity index (χ4n) is 1.69. The van der Waals surface area contributed by atoms with Crippen molar-refractivity contribution in [1.29, 1.82) is 5.26 Å². The van der Waals surface area contributed by atoms with E-state index in [1.54, 1.807) is 6.07 Å². The van der Waals surface area contributed by atoms with Crippen LogP contribution in [0.3, 0.4) is 0 Å². The number of aromatic hydroxyl groups is 1. The van der Waals surface area contributed by atoms with Crippen molar-refractivity contribution in [2.45, 2.75) is 12.3 Å². The van der Waals surface area contributed by atoms with Crippen molar-refractivity contribution in [2.24, 2.45) is 0 Å². The molecule has 1 aliphatic rings. The smallest absolute Gasteiger partial charge is 0.326 e. The lowest BCUT2D eigenvalue weighted by molar-refractivity contribution is -0.137. The zero-order chi connectivity index (χ0) is 12.6. The molecule has 0 spiro atoms. The molecule has 1 aromatic rings. The van der Waals surface area contributed by atoms with E-state index in [2.05, 4.69) is 0 Å². The summed E-state index contributed by atoms with van der Waals surface area (Å²) in [6.45, 7) is -0.100. The van der Waals surface area contributed by atoms with Gasteiger partial charge >= 0.3 is 5.92 Å². The predicted molar refractivity (Wildman–Crippen MR) is 54.7 cm³/mol. The highest BCUT2D eigenvalue weighted by atomic mass is 19.3. The molecular weight excluding hydrogens is 230 g/mol.